The highest BCUT2D eigenvalue weighted by atomic mass is 16.5. The van der Waals surface area contributed by atoms with Crippen molar-refractivity contribution >= 4 is 16.9 Å². The van der Waals surface area contributed by atoms with E-state index in [2.05, 4.69) is 24.3 Å². The Labute approximate surface area is 123 Å². The average Bonchev–Trinajstić information content (AvgIpc) is 2.85. The van der Waals surface area contributed by atoms with Crippen molar-refractivity contribution in [3.05, 3.63) is 60.3 Å². The van der Waals surface area contributed by atoms with Crippen LogP contribution in [0.25, 0.3) is 22.0 Å². The average molecular weight is 279 g/mol. The molecule has 2 aromatic carbocycles. The first-order valence-corrected chi connectivity index (χ1v) is 7.02. The maximum absolute atomic E-state index is 12.1. The smallest absolute Gasteiger partial charge is 0.340 e. The molecular formula is C18H17NO2. The number of esters is 1. The van der Waals surface area contributed by atoms with Crippen LogP contribution in [0.5, 0.6) is 0 Å². The van der Waals surface area contributed by atoms with Crippen LogP contribution in [0.2, 0.25) is 0 Å². The van der Waals surface area contributed by atoms with Gasteiger partial charge in [0.2, 0.25) is 0 Å². The summed E-state index contributed by atoms with van der Waals surface area (Å²) in [5, 5.41) is 0.928. The van der Waals surface area contributed by atoms with Crippen LogP contribution in [0.1, 0.15) is 17.3 Å². The minimum Gasteiger partial charge on any atom is -0.462 e. The molecule has 3 aromatic rings. The van der Waals surface area contributed by atoms with Crippen LogP contribution in [-0.2, 0) is 11.8 Å². The minimum absolute atomic E-state index is 0.270. The number of fused-ring (bicyclic) bond motifs is 1. The van der Waals surface area contributed by atoms with Gasteiger partial charge in [0.1, 0.15) is 0 Å². The van der Waals surface area contributed by atoms with Gasteiger partial charge >= 0.3 is 5.97 Å². The zero-order valence-corrected chi connectivity index (χ0v) is 12.2. The van der Waals surface area contributed by atoms with Gasteiger partial charge in [0.15, 0.2) is 0 Å². The Morgan fingerprint density at radius 2 is 1.86 bits per heavy atom. The number of nitrogens with zero attached hydrogens (tertiary/aromatic N) is 1. The highest BCUT2D eigenvalue weighted by molar-refractivity contribution is 6.05. The van der Waals surface area contributed by atoms with Crippen molar-refractivity contribution in [3.8, 4) is 11.1 Å². The predicted octanol–water partition coefficient (Wildman–Crippen LogP) is 4.02. The summed E-state index contributed by atoms with van der Waals surface area (Å²) in [5.74, 6) is -0.270. The second-order valence-corrected chi connectivity index (χ2v) is 4.97. The summed E-state index contributed by atoms with van der Waals surface area (Å²) in [7, 11) is 1.94. The van der Waals surface area contributed by atoms with E-state index in [4.69, 9.17) is 4.74 Å². The van der Waals surface area contributed by atoms with Gasteiger partial charge in [-0.2, -0.15) is 0 Å². The largest absolute Gasteiger partial charge is 0.462 e. The lowest BCUT2D eigenvalue weighted by Crippen LogP contribution is -2.03. The van der Waals surface area contributed by atoms with Gasteiger partial charge in [0, 0.05) is 24.1 Å². The molecular weight excluding hydrogens is 262 g/mol. The molecule has 0 fully saturated rings. The third kappa shape index (κ3) is 2.42. The highest BCUT2D eigenvalue weighted by Crippen LogP contribution is 2.28. The van der Waals surface area contributed by atoms with Gasteiger partial charge in [-0.3, -0.25) is 0 Å². The molecule has 3 nitrogen and oxygen atoms in total. The van der Waals surface area contributed by atoms with E-state index in [1.165, 1.54) is 0 Å². The van der Waals surface area contributed by atoms with Gasteiger partial charge in [-0.1, -0.05) is 36.4 Å². The van der Waals surface area contributed by atoms with Gasteiger partial charge in [0.05, 0.1) is 12.2 Å². The van der Waals surface area contributed by atoms with Gasteiger partial charge in [0.25, 0.3) is 0 Å². The highest BCUT2D eigenvalue weighted by Gasteiger charge is 2.15. The van der Waals surface area contributed by atoms with Gasteiger partial charge < -0.3 is 9.30 Å². The van der Waals surface area contributed by atoms with Crippen LogP contribution >= 0.6 is 0 Å². The number of aryl methyl sites for hydroxylation is 1. The summed E-state index contributed by atoms with van der Waals surface area (Å²) in [6, 6.07) is 16.3. The van der Waals surface area contributed by atoms with Crippen molar-refractivity contribution in [2.75, 3.05) is 6.61 Å². The van der Waals surface area contributed by atoms with Crippen LogP contribution in [-0.4, -0.2) is 17.1 Å². The van der Waals surface area contributed by atoms with Crippen LogP contribution in [0.3, 0.4) is 0 Å². The van der Waals surface area contributed by atoms with Crippen molar-refractivity contribution < 1.29 is 9.53 Å². The van der Waals surface area contributed by atoms with E-state index in [1.807, 2.05) is 49.0 Å². The maximum atomic E-state index is 12.1. The second-order valence-electron chi connectivity index (χ2n) is 4.97. The van der Waals surface area contributed by atoms with Gasteiger partial charge in [-0.05, 0) is 30.2 Å². The number of hydrogen-bond acceptors (Lipinski definition) is 2. The van der Waals surface area contributed by atoms with Crippen LogP contribution in [0.4, 0.5) is 0 Å². The molecule has 0 aliphatic heterocycles. The lowest BCUT2D eigenvalue weighted by atomic mass is 10.0. The van der Waals surface area contributed by atoms with Crippen LogP contribution in [0.15, 0.2) is 54.7 Å². The summed E-state index contributed by atoms with van der Waals surface area (Å²) in [6.45, 7) is 2.20. The molecule has 0 atom stereocenters. The van der Waals surface area contributed by atoms with Crippen molar-refractivity contribution in [1.82, 2.24) is 4.57 Å². The molecule has 3 rings (SSSR count). The molecule has 0 spiro atoms. The molecule has 0 N–H and O–H groups in total. The summed E-state index contributed by atoms with van der Waals surface area (Å²) in [5.41, 5.74) is 3.88. The number of rotatable bonds is 3. The van der Waals surface area contributed by atoms with E-state index < -0.39 is 0 Å². The Balaban J connectivity index is 2.16. The Hall–Kier alpha value is -2.55. The van der Waals surface area contributed by atoms with Gasteiger partial charge in [-0.25, -0.2) is 4.79 Å². The third-order valence-electron chi connectivity index (χ3n) is 3.59. The molecule has 0 unspecified atom stereocenters. The van der Waals surface area contributed by atoms with Crippen molar-refractivity contribution in [2.45, 2.75) is 6.92 Å². The minimum atomic E-state index is -0.270. The van der Waals surface area contributed by atoms with E-state index in [-0.39, 0.29) is 5.97 Å². The molecule has 1 aromatic heterocycles. The zero-order valence-electron chi connectivity index (χ0n) is 12.2. The lowest BCUT2D eigenvalue weighted by Gasteiger charge is -2.04. The van der Waals surface area contributed by atoms with Crippen molar-refractivity contribution in [3.63, 3.8) is 0 Å². The maximum Gasteiger partial charge on any atom is 0.340 e. The number of ether oxygens (including phenoxy) is 1. The first kappa shape index (κ1) is 13.4. The third-order valence-corrected chi connectivity index (χ3v) is 3.59. The molecule has 0 radical (unpaired) electrons. The number of carbonyl (C=O) groups excluding carboxylic acids is 1. The Bertz CT molecular complexity index is 788. The molecule has 3 heteroatoms. The van der Waals surface area contributed by atoms with Crippen molar-refractivity contribution in [1.29, 1.82) is 0 Å². The molecule has 0 saturated heterocycles. The van der Waals surface area contributed by atoms with Gasteiger partial charge in [-0.15, -0.1) is 0 Å². The Morgan fingerprint density at radius 3 is 2.57 bits per heavy atom. The fourth-order valence-corrected chi connectivity index (χ4v) is 2.57. The Kier molecular flexibility index (Phi) is 3.48. The topological polar surface area (TPSA) is 31.2 Å². The van der Waals surface area contributed by atoms with Crippen LogP contribution < -0.4 is 0 Å². The molecule has 1 heterocycles. The predicted molar refractivity (Wildman–Crippen MR) is 84.3 cm³/mol. The molecule has 0 amide bonds. The van der Waals surface area contributed by atoms with E-state index in [0.717, 1.165) is 22.0 Å². The number of aromatic nitrogens is 1. The van der Waals surface area contributed by atoms with Crippen LogP contribution in [0, 0.1) is 0 Å². The molecule has 0 aliphatic carbocycles. The fraction of sp³-hybridized carbons (Fsp3) is 0.167. The summed E-state index contributed by atoms with van der Waals surface area (Å²) >= 11 is 0. The monoisotopic (exact) mass is 279 g/mol. The second kappa shape index (κ2) is 5.44. The molecule has 0 saturated carbocycles. The normalized spacial score (nSPS) is 10.8. The first-order chi connectivity index (χ1) is 10.2. The zero-order chi connectivity index (χ0) is 14.8. The van der Waals surface area contributed by atoms with Crippen molar-refractivity contribution in [2.24, 2.45) is 7.05 Å². The van der Waals surface area contributed by atoms with E-state index >= 15 is 0 Å². The summed E-state index contributed by atoms with van der Waals surface area (Å²) < 4.78 is 7.10. The lowest BCUT2D eigenvalue weighted by molar-refractivity contribution is 0.0528. The quantitative estimate of drug-likeness (QED) is 0.678. The molecule has 106 valence electrons. The molecule has 0 aliphatic rings. The number of hydrogen-bond donors (Lipinski definition) is 0. The Morgan fingerprint density at radius 1 is 1.10 bits per heavy atom. The van der Waals surface area contributed by atoms with E-state index in [9.17, 15) is 4.79 Å². The number of benzene rings is 2. The van der Waals surface area contributed by atoms with E-state index in [0.29, 0.717) is 12.2 Å². The summed E-state index contributed by atoms with van der Waals surface area (Å²) in [4.78, 5) is 12.1. The SMILES string of the molecule is CCOC(=O)c1cn(C)c2ccc(-c3ccccc3)cc12. The standard InChI is InChI=1S/C18H17NO2/c1-3-21-18(20)16-12-19(2)17-10-9-14(11-15(16)17)13-7-5-4-6-8-13/h4-12H,3H2,1-2H3. The molecule has 21 heavy (non-hydrogen) atoms. The summed E-state index contributed by atoms with van der Waals surface area (Å²) in [6.07, 6.45) is 1.83. The molecule has 0 bridgehead atoms. The fourth-order valence-electron chi connectivity index (χ4n) is 2.57. The first-order valence-electron chi connectivity index (χ1n) is 7.02. The van der Waals surface area contributed by atoms with E-state index in [1.54, 1.807) is 0 Å². The number of carbonyl (C=O) groups is 1.